The van der Waals surface area contributed by atoms with E-state index in [4.69, 9.17) is 17.3 Å². The van der Waals surface area contributed by atoms with Crippen molar-refractivity contribution in [3.05, 3.63) is 64.7 Å². The van der Waals surface area contributed by atoms with Crippen LogP contribution >= 0.6 is 11.6 Å². The molecule has 0 aliphatic heterocycles. The second-order valence-corrected chi connectivity index (χ2v) is 8.20. The third-order valence-electron chi connectivity index (χ3n) is 4.28. The first kappa shape index (κ1) is 15.5. The molecule has 3 nitrogen and oxygen atoms in total. The molecule has 0 saturated heterocycles. The Bertz CT molecular complexity index is 769. The molecule has 3 rings (SSSR count). The quantitative estimate of drug-likeness (QED) is 0.933. The fraction of sp³-hybridized carbons (Fsp3) is 0.294. The molecule has 1 saturated carbocycles. The molecule has 0 spiro atoms. The highest BCUT2D eigenvalue weighted by molar-refractivity contribution is 7.92. The molecule has 0 heterocycles. The van der Waals surface area contributed by atoms with Gasteiger partial charge in [0.2, 0.25) is 0 Å². The zero-order valence-corrected chi connectivity index (χ0v) is 13.8. The second kappa shape index (κ2) is 5.69. The first-order valence-electron chi connectivity index (χ1n) is 7.29. The SMILES string of the molecule is CCc1ccc([C@@H]2[C@@H](N)[C@H]2S(=O)(=O)c2ccc(Cl)cc2)cc1. The van der Waals surface area contributed by atoms with Crippen molar-refractivity contribution in [3.8, 4) is 0 Å². The van der Waals surface area contributed by atoms with E-state index in [-0.39, 0.29) is 16.9 Å². The number of sulfone groups is 1. The highest BCUT2D eigenvalue weighted by Crippen LogP contribution is 2.47. The fourth-order valence-electron chi connectivity index (χ4n) is 2.87. The van der Waals surface area contributed by atoms with Crippen LogP contribution in [0.1, 0.15) is 24.0 Å². The lowest BCUT2D eigenvalue weighted by molar-refractivity contribution is 0.593. The minimum Gasteiger partial charge on any atom is -0.326 e. The van der Waals surface area contributed by atoms with E-state index in [1.54, 1.807) is 24.3 Å². The molecule has 22 heavy (non-hydrogen) atoms. The summed E-state index contributed by atoms with van der Waals surface area (Å²) in [6, 6.07) is 14.0. The lowest BCUT2D eigenvalue weighted by atomic mass is 10.1. The van der Waals surface area contributed by atoms with E-state index < -0.39 is 15.1 Å². The van der Waals surface area contributed by atoms with Crippen molar-refractivity contribution in [2.45, 2.75) is 35.4 Å². The van der Waals surface area contributed by atoms with Gasteiger partial charge in [0.15, 0.2) is 9.84 Å². The van der Waals surface area contributed by atoms with Crippen molar-refractivity contribution in [2.75, 3.05) is 0 Å². The third-order valence-corrected chi connectivity index (χ3v) is 6.79. The molecule has 0 aromatic heterocycles. The molecule has 0 bridgehead atoms. The lowest BCUT2D eigenvalue weighted by Crippen LogP contribution is -2.15. The molecule has 1 aliphatic carbocycles. The summed E-state index contributed by atoms with van der Waals surface area (Å²) in [7, 11) is -3.43. The minimum absolute atomic E-state index is 0.133. The van der Waals surface area contributed by atoms with Crippen LogP contribution in [-0.4, -0.2) is 19.7 Å². The van der Waals surface area contributed by atoms with Gasteiger partial charge >= 0.3 is 0 Å². The average Bonchev–Trinajstić information content (AvgIpc) is 3.20. The van der Waals surface area contributed by atoms with Crippen molar-refractivity contribution in [1.82, 2.24) is 0 Å². The monoisotopic (exact) mass is 335 g/mol. The Morgan fingerprint density at radius 2 is 1.64 bits per heavy atom. The Balaban J connectivity index is 1.87. The van der Waals surface area contributed by atoms with Gasteiger partial charge < -0.3 is 5.73 Å². The molecule has 2 aromatic carbocycles. The number of benzene rings is 2. The van der Waals surface area contributed by atoms with Crippen LogP contribution in [-0.2, 0) is 16.3 Å². The summed E-state index contributed by atoms with van der Waals surface area (Å²) in [5.74, 6) is -0.133. The lowest BCUT2D eigenvalue weighted by Gasteiger charge is -2.05. The second-order valence-electron chi connectivity index (χ2n) is 5.66. The summed E-state index contributed by atoms with van der Waals surface area (Å²) in [6.45, 7) is 2.09. The van der Waals surface area contributed by atoms with Crippen LogP contribution in [0.5, 0.6) is 0 Å². The summed E-state index contributed by atoms with van der Waals surface area (Å²) in [5.41, 5.74) is 8.29. The number of rotatable bonds is 4. The van der Waals surface area contributed by atoms with Gasteiger partial charge in [0.05, 0.1) is 10.1 Å². The highest BCUT2D eigenvalue weighted by Gasteiger charge is 2.57. The molecular weight excluding hydrogens is 318 g/mol. The van der Waals surface area contributed by atoms with E-state index in [1.165, 1.54) is 5.56 Å². The first-order valence-corrected chi connectivity index (χ1v) is 9.21. The maximum atomic E-state index is 12.7. The molecule has 116 valence electrons. The van der Waals surface area contributed by atoms with Gasteiger partial charge in [0.1, 0.15) is 0 Å². The molecule has 5 heteroatoms. The number of hydrogen-bond donors (Lipinski definition) is 1. The van der Waals surface area contributed by atoms with Gasteiger partial charge in [-0.1, -0.05) is 42.8 Å². The fourth-order valence-corrected chi connectivity index (χ4v) is 5.05. The predicted octanol–water partition coefficient (Wildman–Crippen LogP) is 3.17. The van der Waals surface area contributed by atoms with Gasteiger partial charge in [-0.05, 0) is 41.8 Å². The molecule has 1 aliphatic rings. The zero-order valence-electron chi connectivity index (χ0n) is 12.2. The van der Waals surface area contributed by atoms with E-state index in [2.05, 4.69) is 6.92 Å². The van der Waals surface area contributed by atoms with Gasteiger partial charge in [-0.2, -0.15) is 0 Å². The predicted molar refractivity (Wildman–Crippen MR) is 89.0 cm³/mol. The van der Waals surface area contributed by atoms with Gasteiger partial charge in [-0.3, -0.25) is 0 Å². The number of aryl methyl sites for hydroxylation is 1. The molecule has 2 N–H and O–H groups in total. The molecular formula is C17H18ClNO2S. The topological polar surface area (TPSA) is 60.2 Å². The number of halogens is 1. The van der Waals surface area contributed by atoms with Crippen LogP contribution in [0.3, 0.4) is 0 Å². The van der Waals surface area contributed by atoms with Crippen LogP contribution in [0.15, 0.2) is 53.4 Å². The molecule has 1 fully saturated rings. The van der Waals surface area contributed by atoms with E-state index >= 15 is 0 Å². The van der Waals surface area contributed by atoms with E-state index in [0.29, 0.717) is 5.02 Å². The van der Waals surface area contributed by atoms with Gasteiger partial charge in [-0.15, -0.1) is 0 Å². The summed E-state index contributed by atoms with van der Waals surface area (Å²) in [5, 5.41) is -0.0353. The number of nitrogens with two attached hydrogens (primary N) is 1. The van der Waals surface area contributed by atoms with Gasteiger partial charge in [-0.25, -0.2) is 8.42 Å². The van der Waals surface area contributed by atoms with Crippen LogP contribution in [0.4, 0.5) is 0 Å². The Kier molecular flexibility index (Phi) is 4.02. The summed E-state index contributed by atoms with van der Waals surface area (Å²) >= 11 is 5.82. The summed E-state index contributed by atoms with van der Waals surface area (Å²) in [4.78, 5) is 0.282. The Hall–Kier alpha value is -1.36. The van der Waals surface area contributed by atoms with Crippen molar-refractivity contribution in [3.63, 3.8) is 0 Å². The third kappa shape index (κ3) is 2.67. The molecule has 0 unspecified atom stereocenters. The van der Waals surface area contributed by atoms with Crippen LogP contribution in [0.2, 0.25) is 5.02 Å². The Labute approximate surface area is 136 Å². The molecule has 0 radical (unpaired) electrons. The minimum atomic E-state index is -3.43. The van der Waals surface area contributed by atoms with Crippen LogP contribution in [0.25, 0.3) is 0 Å². The largest absolute Gasteiger partial charge is 0.326 e. The average molecular weight is 336 g/mol. The van der Waals surface area contributed by atoms with Crippen molar-refractivity contribution < 1.29 is 8.42 Å². The standard InChI is InChI=1S/C17H18ClNO2S/c1-2-11-3-5-12(6-4-11)15-16(19)17(15)22(20,21)14-9-7-13(18)8-10-14/h3-10,15-17H,2,19H2,1H3/t15-,16-,17+/m1/s1. The van der Waals surface area contributed by atoms with E-state index in [9.17, 15) is 8.42 Å². The normalized spacial score (nSPS) is 24.2. The smallest absolute Gasteiger partial charge is 0.183 e. The number of hydrogen-bond acceptors (Lipinski definition) is 3. The first-order chi connectivity index (χ1) is 10.4. The van der Waals surface area contributed by atoms with Gasteiger partial charge in [0.25, 0.3) is 0 Å². The molecule has 2 aromatic rings. The Morgan fingerprint density at radius 3 is 2.18 bits per heavy atom. The van der Waals surface area contributed by atoms with E-state index in [1.807, 2.05) is 24.3 Å². The van der Waals surface area contributed by atoms with Crippen molar-refractivity contribution in [1.29, 1.82) is 0 Å². The summed E-state index contributed by atoms with van der Waals surface area (Å²) in [6.07, 6.45) is 0.962. The summed E-state index contributed by atoms with van der Waals surface area (Å²) < 4.78 is 25.4. The highest BCUT2D eigenvalue weighted by atomic mass is 35.5. The van der Waals surface area contributed by atoms with Crippen molar-refractivity contribution in [2.24, 2.45) is 5.73 Å². The van der Waals surface area contributed by atoms with Gasteiger partial charge in [0, 0.05) is 17.0 Å². The maximum Gasteiger partial charge on any atom is 0.183 e. The molecule has 0 amide bonds. The van der Waals surface area contributed by atoms with Crippen molar-refractivity contribution >= 4 is 21.4 Å². The molecule has 3 atom stereocenters. The zero-order chi connectivity index (χ0) is 15.9. The van der Waals surface area contributed by atoms with Crippen LogP contribution < -0.4 is 5.73 Å². The van der Waals surface area contributed by atoms with Crippen LogP contribution in [0, 0.1) is 0 Å². The van der Waals surface area contributed by atoms with E-state index in [0.717, 1.165) is 12.0 Å². The Morgan fingerprint density at radius 1 is 1.05 bits per heavy atom. The maximum absolute atomic E-state index is 12.7.